The van der Waals surface area contributed by atoms with Crippen LogP contribution in [0.15, 0.2) is 78.9 Å². The molecule has 0 aliphatic carbocycles. The summed E-state index contributed by atoms with van der Waals surface area (Å²) in [5.41, 5.74) is 2.12. The Kier molecular flexibility index (Phi) is 5.69. The van der Waals surface area contributed by atoms with E-state index in [1.54, 1.807) is 19.2 Å². The van der Waals surface area contributed by atoms with Crippen molar-refractivity contribution in [3.63, 3.8) is 0 Å². The third-order valence-electron chi connectivity index (χ3n) is 4.35. The third-order valence-corrected chi connectivity index (χ3v) is 4.70. The van der Waals surface area contributed by atoms with E-state index in [-0.39, 0.29) is 12.5 Å². The molecule has 0 atom stereocenters. The molecule has 3 rings (SSSR count). The maximum absolute atomic E-state index is 14.1. The topological polar surface area (TPSA) is 20.3 Å². The number of amides is 1. The van der Waals surface area contributed by atoms with E-state index in [1.807, 2.05) is 60.7 Å². The first-order chi connectivity index (χ1) is 12.6. The van der Waals surface area contributed by atoms with Gasteiger partial charge in [-0.25, -0.2) is 4.39 Å². The molecule has 0 fully saturated rings. The number of carbonyl (C=O) groups is 1. The highest BCUT2D eigenvalue weighted by molar-refractivity contribution is 6.31. The summed E-state index contributed by atoms with van der Waals surface area (Å²) in [6.07, 6.45) is 0. The average molecular weight is 368 g/mol. The first kappa shape index (κ1) is 18.2. The van der Waals surface area contributed by atoms with Crippen LogP contribution >= 0.6 is 11.6 Å². The molecule has 0 unspecified atom stereocenters. The van der Waals surface area contributed by atoms with Crippen LogP contribution < -0.4 is 0 Å². The van der Waals surface area contributed by atoms with Crippen molar-refractivity contribution in [3.05, 3.63) is 106 Å². The van der Waals surface area contributed by atoms with Crippen molar-refractivity contribution in [2.45, 2.75) is 12.5 Å². The molecule has 0 N–H and O–H groups in total. The molecule has 0 bridgehead atoms. The predicted molar refractivity (Wildman–Crippen MR) is 103 cm³/mol. The van der Waals surface area contributed by atoms with Crippen LogP contribution in [0.3, 0.4) is 0 Å². The average Bonchev–Trinajstić information content (AvgIpc) is 2.66. The van der Waals surface area contributed by atoms with Gasteiger partial charge < -0.3 is 4.90 Å². The van der Waals surface area contributed by atoms with Crippen molar-refractivity contribution in [1.82, 2.24) is 4.90 Å². The zero-order valence-electron chi connectivity index (χ0n) is 14.4. The highest BCUT2D eigenvalue weighted by atomic mass is 35.5. The van der Waals surface area contributed by atoms with Crippen molar-refractivity contribution in [2.24, 2.45) is 0 Å². The zero-order valence-corrected chi connectivity index (χ0v) is 15.2. The zero-order chi connectivity index (χ0) is 18.5. The van der Waals surface area contributed by atoms with Crippen molar-refractivity contribution >= 4 is 17.5 Å². The minimum atomic E-state index is -0.451. The molecule has 0 aliphatic heterocycles. The van der Waals surface area contributed by atoms with E-state index < -0.39 is 11.7 Å². The summed E-state index contributed by atoms with van der Waals surface area (Å²) < 4.78 is 14.1. The Labute approximate surface area is 157 Å². The van der Waals surface area contributed by atoms with Crippen LogP contribution in [0.4, 0.5) is 4.39 Å². The largest absolute Gasteiger partial charge is 0.340 e. The van der Waals surface area contributed by atoms with Gasteiger partial charge in [-0.2, -0.15) is 0 Å². The standard InChI is InChI=1S/C22H19ClFNO/c1-25(15-18-19(23)13-8-14-20(18)24)22(26)21(16-9-4-2-5-10-16)17-11-6-3-7-12-17/h2-14,21H,15H2,1H3. The van der Waals surface area contributed by atoms with Crippen LogP contribution in [0.2, 0.25) is 5.02 Å². The van der Waals surface area contributed by atoms with Gasteiger partial charge in [0.1, 0.15) is 5.82 Å². The van der Waals surface area contributed by atoms with Gasteiger partial charge in [0.25, 0.3) is 0 Å². The van der Waals surface area contributed by atoms with Crippen molar-refractivity contribution in [3.8, 4) is 0 Å². The van der Waals surface area contributed by atoms with Gasteiger partial charge in [0.15, 0.2) is 0 Å². The summed E-state index contributed by atoms with van der Waals surface area (Å²) in [6.45, 7) is 0.112. The van der Waals surface area contributed by atoms with E-state index >= 15 is 0 Å². The lowest BCUT2D eigenvalue weighted by Crippen LogP contribution is -2.32. The smallest absolute Gasteiger partial charge is 0.234 e. The normalized spacial score (nSPS) is 10.8. The second kappa shape index (κ2) is 8.15. The fourth-order valence-electron chi connectivity index (χ4n) is 2.99. The maximum atomic E-state index is 14.1. The molecular weight excluding hydrogens is 349 g/mol. The van der Waals surface area contributed by atoms with Gasteiger partial charge in [0, 0.05) is 24.2 Å². The summed E-state index contributed by atoms with van der Waals surface area (Å²) in [6, 6.07) is 23.7. The van der Waals surface area contributed by atoms with Crippen molar-refractivity contribution < 1.29 is 9.18 Å². The van der Waals surface area contributed by atoms with Crippen molar-refractivity contribution in [1.29, 1.82) is 0 Å². The minimum Gasteiger partial charge on any atom is -0.340 e. The van der Waals surface area contributed by atoms with Crippen LogP contribution in [0.25, 0.3) is 0 Å². The second-order valence-electron chi connectivity index (χ2n) is 6.15. The lowest BCUT2D eigenvalue weighted by molar-refractivity contribution is -0.131. The molecule has 3 aromatic carbocycles. The molecule has 26 heavy (non-hydrogen) atoms. The van der Waals surface area contributed by atoms with Crippen molar-refractivity contribution in [2.75, 3.05) is 7.05 Å². The number of halogens is 2. The molecule has 4 heteroatoms. The molecule has 0 aromatic heterocycles. The highest BCUT2D eigenvalue weighted by Gasteiger charge is 2.26. The molecule has 1 amide bonds. The molecule has 0 saturated heterocycles. The first-order valence-corrected chi connectivity index (χ1v) is 8.73. The van der Waals surface area contributed by atoms with Gasteiger partial charge in [-0.3, -0.25) is 4.79 Å². The van der Waals surface area contributed by atoms with Gasteiger partial charge in [-0.05, 0) is 23.3 Å². The monoisotopic (exact) mass is 367 g/mol. The van der Waals surface area contributed by atoms with Gasteiger partial charge in [0.05, 0.1) is 5.92 Å². The van der Waals surface area contributed by atoms with E-state index in [2.05, 4.69) is 0 Å². The number of nitrogens with zero attached hydrogens (tertiary/aromatic N) is 1. The van der Waals surface area contributed by atoms with E-state index in [1.165, 1.54) is 11.0 Å². The van der Waals surface area contributed by atoms with E-state index in [0.717, 1.165) is 11.1 Å². The molecule has 0 radical (unpaired) electrons. The molecule has 0 saturated carbocycles. The number of carbonyl (C=O) groups excluding carboxylic acids is 1. The second-order valence-corrected chi connectivity index (χ2v) is 6.56. The first-order valence-electron chi connectivity index (χ1n) is 8.35. The Bertz CT molecular complexity index is 823. The molecule has 0 spiro atoms. The Morgan fingerprint density at radius 3 is 1.96 bits per heavy atom. The fraction of sp³-hybridized carbons (Fsp3) is 0.136. The van der Waals surface area contributed by atoms with Crippen LogP contribution in [0.5, 0.6) is 0 Å². The molecule has 0 heterocycles. The van der Waals surface area contributed by atoms with Crippen LogP contribution in [-0.2, 0) is 11.3 Å². The van der Waals surface area contributed by atoms with E-state index in [0.29, 0.717) is 10.6 Å². The lowest BCUT2D eigenvalue weighted by Gasteiger charge is -2.25. The number of rotatable bonds is 5. The summed E-state index contributed by atoms with van der Waals surface area (Å²) in [5.74, 6) is -0.970. The Morgan fingerprint density at radius 1 is 0.923 bits per heavy atom. The Morgan fingerprint density at radius 2 is 1.46 bits per heavy atom. The van der Waals surface area contributed by atoms with Gasteiger partial charge in [-0.15, -0.1) is 0 Å². The number of likely N-dealkylation sites (N-methyl/N-ethyl adjacent to an activating group) is 1. The number of hydrogen-bond donors (Lipinski definition) is 0. The van der Waals surface area contributed by atoms with Gasteiger partial charge in [-0.1, -0.05) is 78.3 Å². The molecule has 3 aromatic rings. The fourth-order valence-corrected chi connectivity index (χ4v) is 3.21. The molecule has 0 aliphatic rings. The van der Waals surface area contributed by atoms with Gasteiger partial charge in [0.2, 0.25) is 5.91 Å². The quantitative estimate of drug-likeness (QED) is 0.601. The van der Waals surface area contributed by atoms with Crippen LogP contribution in [0.1, 0.15) is 22.6 Å². The molecular formula is C22H19ClFNO. The predicted octanol–water partition coefficient (Wildman–Crippen LogP) is 5.27. The summed E-state index contributed by atoms with van der Waals surface area (Å²) in [5, 5.41) is 0.320. The summed E-state index contributed by atoms with van der Waals surface area (Å²) in [4.78, 5) is 14.8. The van der Waals surface area contributed by atoms with E-state index in [9.17, 15) is 9.18 Å². The Hall–Kier alpha value is -2.65. The highest BCUT2D eigenvalue weighted by Crippen LogP contribution is 2.28. The SMILES string of the molecule is CN(Cc1c(F)cccc1Cl)C(=O)C(c1ccccc1)c1ccccc1. The van der Waals surface area contributed by atoms with Crippen LogP contribution in [-0.4, -0.2) is 17.9 Å². The summed E-state index contributed by atoms with van der Waals surface area (Å²) >= 11 is 6.11. The third kappa shape index (κ3) is 3.94. The lowest BCUT2D eigenvalue weighted by atomic mass is 9.90. The maximum Gasteiger partial charge on any atom is 0.234 e. The van der Waals surface area contributed by atoms with Gasteiger partial charge >= 0.3 is 0 Å². The Balaban J connectivity index is 1.93. The minimum absolute atomic E-state index is 0.110. The summed E-state index contributed by atoms with van der Waals surface area (Å²) in [7, 11) is 1.67. The number of benzene rings is 3. The molecule has 2 nitrogen and oxygen atoms in total. The van der Waals surface area contributed by atoms with Crippen LogP contribution in [0, 0.1) is 5.82 Å². The van der Waals surface area contributed by atoms with E-state index in [4.69, 9.17) is 11.6 Å². The molecule has 132 valence electrons. The number of hydrogen-bond acceptors (Lipinski definition) is 1.